The first-order chi connectivity index (χ1) is 10.4. The lowest BCUT2D eigenvalue weighted by atomic mass is 9.89. The molecule has 2 heterocycles. The highest BCUT2D eigenvalue weighted by Crippen LogP contribution is 2.25. The van der Waals surface area contributed by atoms with Crippen LogP contribution in [-0.2, 0) is 9.47 Å². The van der Waals surface area contributed by atoms with E-state index in [1.165, 1.54) is 7.11 Å². The van der Waals surface area contributed by atoms with Gasteiger partial charge in [-0.3, -0.25) is 0 Å². The molecule has 9 atom stereocenters. The number of halogens is 1. The number of aliphatic hydroxyl groups excluding tert-OH is 6. The summed E-state index contributed by atoms with van der Waals surface area (Å²) in [6.45, 7) is 0.277. The third-order valence-corrected chi connectivity index (χ3v) is 4.55. The zero-order valence-corrected chi connectivity index (χ0v) is 13.5. The van der Waals surface area contributed by atoms with Gasteiger partial charge in [0.2, 0.25) is 0 Å². The van der Waals surface area contributed by atoms with Gasteiger partial charge in [-0.1, -0.05) is 0 Å². The van der Waals surface area contributed by atoms with Crippen LogP contribution in [0.2, 0.25) is 0 Å². The fraction of sp³-hybridized carbons (Fsp3) is 1.00. The summed E-state index contributed by atoms with van der Waals surface area (Å²) in [7, 11) is 1.33. The van der Waals surface area contributed by atoms with E-state index in [2.05, 4.69) is 0 Å². The number of rotatable bonds is 4. The van der Waals surface area contributed by atoms with E-state index in [0.29, 0.717) is 12.8 Å². The third-order valence-electron chi connectivity index (χ3n) is 4.55. The van der Waals surface area contributed by atoms with E-state index in [9.17, 15) is 30.6 Å². The molecule has 9 nitrogen and oxygen atoms in total. The topological polar surface area (TPSA) is 156 Å². The van der Waals surface area contributed by atoms with E-state index in [-0.39, 0.29) is 25.0 Å². The standard InChI is InChI=1S/C13H25NO8.ClH/c1-21-13-12(20)11(19)10(18)7(22-13)3-2-5-8(16)9(17)6(15)4-14-5;/h5-20H,2-4H2,1H3;1H/t5-,6-,7-,8-,9+,10-,11+,12+,13+;/m1./s1. The van der Waals surface area contributed by atoms with Gasteiger partial charge in [0, 0.05) is 13.5 Å². The summed E-state index contributed by atoms with van der Waals surface area (Å²) >= 11 is 0. The van der Waals surface area contributed by atoms with Crippen molar-refractivity contribution in [3.8, 4) is 0 Å². The van der Waals surface area contributed by atoms with Gasteiger partial charge in [-0.25, -0.2) is 0 Å². The molecule has 2 fully saturated rings. The van der Waals surface area contributed by atoms with E-state index in [4.69, 9.17) is 9.47 Å². The maximum absolute atomic E-state index is 9.96. The average molecular weight is 360 g/mol. The van der Waals surface area contributed by atoms with Crippen LogP contribution in [0.25, 0.3) is 0 Å². The summed E-state index contributed by atoms with van der Waals surface area (Å²) in [5, 5.41) is 60.2. The lowest BCUT2D eigenvalue weighted by molar-refractivity contribution is -0.716. The van der Waals surface area contributed by atoms with Crippen molar-refractivity contribution in [1.29, 1.82) is 0 Å². The molecule has 0 saturated carbocycles. The largest absolute Gasteiger partial charge is 1.00 e. The zero-order valence-electron chi connectivity index (χ0n) is 12.8. The molecular weight excluding hydrogens is 334 g/mol. The van der Waals surface area contributed by atoms with Gasteiger partial charge in [-0.05, 0) is 6.42 Å². The quantitative estimate of drug-likeness (QED) is 0.261. The van der Waals surface area contributed by atoms with E-state index in [0.717, 1.165) is 0 Å². The molecule has 0 bridgehead atoms. The number of quaternary nitrogens is 1. The number of hydrogen-bond donors (Lipinski definition) is 7. The molecule has 2 aliphatic rings. The molecular formula is C13H26ClNO8. The Morgan fingerprint density at radius 3 is 2.17 bits per heavy atom. The third kappa shape index (κ3) is 4.51. The average Bonchev–Trinajstić information content (AvgIpc) is 2.51. The van der Waals surface area contributed by atoms with Crippen LogP contribution in [0.3, 0.4) is 0 Å². The van der Waals surface area contributed by atoms with Crippen LogP contribution in [0.1, 0.15) is 12.8 Å². The second kappa shape index (κ2) is 8.86. The Labute approximate surface area is 140 Å². The van der Waals surface area contributed by atoms with Gasteiger partial charge in [0.15, 0.2) is 6.29 Å². The van der Waals surface area contributed by atoms with Crippen molar-refractivity contribution in [2.24, 2.45) is 0 Å². The van der Waals surface area contributed by atoms with Crippen LogP contribution < -0.4 is 17.7 Å². The predicted molar refractivity (Wildman–Crippen MR) is 71.5 cm³/mol. The number of hydrogen-bond acceptors (Lipinski definition) is 8. The molecule has 0 spiro atoms. The Bertz CT molecular complexity index is 363. The van der Waals surface area contributed by atoms with Crippen molar-refractivity contribution in [2.45, 2.75) is 67.9 Å². The van der Waals surface area contributed by atoms with Gasteiger partial charge in [0.25, 0.3) is 0 Å². The monoisotopic (exact) mass is 359 g/mol. The highest BCUT2D eigenvalue weighted by molar-refractivity contribution is 4.90. The molecule has 2 aliphatic heterocycles. The Balaban J connectivity index is 0.00000264. The molecule has 8 N–H and O–H groups in total. The van der Waals surface area contributed by atoms with E-state index < -0.39 is 49.0 Å². The van der Waals surface area contributed by atoms with E-state index in [1.807, 2.05) is 0 Å². The SMILES string of the molecule is CO[C@H]1O[C@H](CC[C@H]2[NH2+]C[C@@H](O)[C@H](O)[C@@H]2O)[C@@H](O)[C@H](O)[C@@H]1O.[Cl-]. The fourth-order valence-corrected chi connectivity index (χ4v) is 3.07. The predicted octanol–water partition coefficient (Wildman–Crippen LogP) is -7.75. The Morgan fingerprint density at radius 1 is 0.913 bits per heavy atom. The van der Waals surface area contributed by atoms with Gasteiger partial charge < -0.3 is 57.8 Å². The minimum absolute atomic E-state index is 0. The van der Waals surface area contributed by atoms with E-state index >= 15 is 0 Å². The summed E-state index contributed by atoms with van der Waals surface area (Å²) in [4.78, 5) is 0. The maximum atomic E-state index is 9.96. The molecule has 138 valence electrons. The summed E-state index contributed by atoms with van der Waals surface area (Å²) in [6, 6.07) is -0.348. The second-order valence-corrected chi connectivity index (χ2v) is 6.01. The number of piperidine rings is 1. The fourth-order valence-electron chi connectivity index (χ4n) is 3.07. The van der Waals surface area contributed by atoms with Crippen molar-refractivity contribution >= 4 is 0 Å². The van der Waals surface area contributed by atoms with Crippen LogP contribution >= 0.6 is 0 Å². The zero-order chi connectivity index (χ0) is 16.4. The molecule has 0 amide bonds. The van der Waals surface area contributed by atoms with Crippen LogP contribution in [0.5, 0.6) is 0 Å². The normalized spacial score (nSPS) is 47.9. The van der Waals surface area contributed by atoms with Gasteiger partial charge in [-0.15, -0.1) is 0 Å². The Hall–Kier alpha value is -0.0700. The number of nitrogens with two attached hydrogens (primary N) is 1. The van der Waals surface area contributed by atoms with Crippen molar-refractivity contribution < 1.29 is 57.8 Å². The lowest BCUT2D eigenvalue weighted by Crippen LogP contribution is -3.00. The first-order valence-corrected chi connectivity index (χ1v) is 7.46. The van der Waals surface area contributed by atoms with Gasteiger partial charge in [0.1, 0.15) is 49.2 Å². The molecule has 0 aromatic rings. The second-order valence-electron chi connectivity index (χ2n) is 6.01. The first-order valence-electron chi connectivity index (χ1n) is 7.46. The lowest BCUT2D eigenvalue weighted by Gasteiger charge is -2.40. The smallest absolute Gasteiger partial charge is 0.186 e. The first kappa shape index (κ1) is 21.0. The molecule has 2 saturated heterocycles. The Kier molecular flexibility index (Phi) is 8.08. The molecule has 10 heteroatoms. The molecule has 2 rings (SSSR count). The van der Waals surface area contributed by atoms with Gasteiger partial charge in [0.05, 0.1) is 6.10 Å². The minimum atomic E-state index is -1.38. The molecule has 0 aliphatic carbocycles. The molecule has 0 unspecified atom stereocenters. The summed E-state index contributed by atoms with van der Waals surface area (Å²) in [6.07, 6.45) is -8.34. The van der Waals surface area contributed by atoms with Crippen molar-refractivity contribution in [1.82, 2.24) is 0 Å². The number of ether oxygens (including phenoxy) is 2. The highest BCUT2D eigenvalue weighted by Gasteiger charge is 2.45. The van der Waals surface area contributed by atoms with Crippen molar-refractivity contribution in [3.05, 3.63) is 0 Å². The number of methoxy groups -OCH3 is 1. The molecule has 0 aromatic carbocycles. The summed E-state index contributed by atoms with van der Waals surface area (Å²) in [5.41, 5.74) is 0. The minimum Gasteiger partial charge on any atom is -1.00 e. The van der Waals surface area contributed by atoms with Gasteiger partial charge >= 0.3 is 0 Å². The van der Waals surface area contributed by atoms with Crippen LogP contribution in [-0.4, -0.2) is 99.4 Å². The summed E-state index contributed by atoms with van der Waals surface area (Å²) in [5.74, 6) is 0. The van der Waals surface area contributed by atoms with Crippen molar-refractivity contribution in [2.75, 3.05) is 13.7 Å². The van der Waals surface area contributed by atoms with Crippen molar-refractivity contribution in [3.63, 3.8) is 0 Å². The maximum Gasteiger partial charge on any atom is 0.186 e. The van der Waals surface area contributed by atoms with Crippen LogP contribution in [0.4, 0.5) is 0 Å². The van der Waals surface area contributed by atoms with Crippen LogP contribution in [0.15, 0.2) is 0 Å². The highest BCUT2D eigenvalue weighted by atomic mass is 35.5. The number of aliphatic hydroxyl groups is 6. The Morgan fingerprint density at radius 2 is 1.57 bits per heavy atom. The van der Waals surface area contributed by atoms with Gasteiger partial charge in [-0.2, -0.15) is 0 Å². The van der Waals surface area contributed by atoms with Crippen LogP contribution in [0, 0.1) is 0 Å². The molecule has 0 aromatic heterocycles. The summed E-state index contributed by atoms with van der Waals surface area (Å²) < 4.78 is 10.3. The molecule has 0 radical (unpaired) electrons. The van der Waals surface area contributed by atoms with E-state index in [1.54, 1.807) is 5.32 Å². The molecule has 23 heavy (non-hydrogen) atoms.